The molecule has 2 aromatic carbocycles. The molecule has 0 aliphatic carbocycles. The number of carbonyl (C=O) groups is 2. The lowest BCUT2D eigenvalue weighted by atomic mass is 9.89. The number of nitrogens with zero attached hydrogens (tertiary/aromatic N) is 4. The van der Waals surface area contributed by atoms with Gasteiger partial charge in [-0.05, 0) is 105 Å². The van der Waals surface area contributed by atoms with E-state index >= 15 is 0 Å². The Morgan fingerprint density at radius 1 is 0.735 bits per heavy atom. The predicted octanol–water partition coefficient (Wildman–Crippen LogP) is 7.26. The predicted molar refractivity (Wildman–Crippen MR) is 185 cm³/mol. The van der Waals surface area contributed by atoms with Gasteiger partial charge < -0.3 is 30.3 Å². The van der Waals surface area contributed by atoms with E-state index < -0.39 is 26.9 Å². The van der Waals surface area contributed by atoms with Gasteiger partial charge in [0.25, 0.3) is 11.4 Å². The molecule has 0 unspecified atom stereocenters. The van der Waals surface area contributed by atoms with Crippen molar-refractivity contribution < 1.29 is 33.3 Å². The highest BCUT2D eigenvalue weighted by molar-refractivity contribution is 5.68. The topological polar surface area (TPSA) is 183 Å². The molecule has 49 heavy (non-hydrogen) atoms. The molecule has 0 spiro atoms. The molecule has 0 bridgehead atoms. The summed E-state index contributed by atoms with van der Waals surface area (Å²) in [5.74, 6) is -0.467. The van der Waals surface area contributed by atoms with E-state index in [9.17, 15) is 34.2 Å². The molecule has 0 atom stereocenters. The second-order valence-corrected chi connectivity index (χ2v) is 14.8. The van der Waals surface area contributed by atoms with Crippen LogP contribution in [0.3, 0.4) is 0 Å². The number of rotatable bonds is 4. The Bertz CT molecular complexity index is 1400. The number of likely N-dealkylation sites (tertiary alicyclic amines) is 2. The third kappa shape index (κ3) is 15.1. The Kier molecular flexibility index (Phi) is 13.9. The lowest BCUT2D eigenvalue weighted by molar-refractivity contribution is -0.385. The van der Waals surface area contributed by atoms with Crippen LogP contribution < -0.4 is 11.1 Å². The van der Waals surface area contributed by atoms with E-state index in [1.54, 1.807) is 21.9 Å². The first-order valence-electron chi connectivity index (χ1n) is 16.1. The third-order valence-corrected chi connectivity index (χ3v) is 7.64. The number of benzene rings is 2. The first-order valence-corrected chi connectivity index (χ1v) is 16.1. The summed E-state index contributed by atoms with van der Waals surface area (Å²) in [5.41, 5.74) is 5.62. The number of nitro benzene ring substituents is 2. The Morgan fingerprint density at radius 3 is 1.43 bits per heavy atom. The standard InChI is InChI=1S/C17H25N3O4.C11H22N2O2.C6H4FNO2/c1-16(2,3)24-15(21)19-11-9-17(4,10-12-19)18-13-5-7-14(8-6-13)20(22)23;1-10(2,3)15-9(14)13-7-5-11(4,12)6-8-13;7-5-1-3-6(4-2-5)8(9)10/h5-8,18H,9-12H2,1-4H3;5-8,12H2,1-4H3;1-4H. The number of nitro groups is 2. The van der Waals surface area contributed by atoms with Crippen molar-refractivity contribution in [2.45, 2.75) is 103 Å². The van der Waals surface area contributed by atoms with Crippen molar-refractivity contribution in [1.82, 2.24) is 9.80 Å². The van der Waals surface area contributed by atoms with E-state index in [2.05, 4.69) is 12.2 Å². The number of non-ortho nitro benzene ring substituents is 2. The minimum absolute atomic E-state index is 0.0745. The molecule has 2 aliphatic heterocycles. The largest absolute Gasteiger partial charge is 0.444 e. The van der Waals surface area contributed by atoms with Gasteiger partial charge in [-0.25, -0.2) is 14.0 Å². The summed E-state index contributed by atoms with van der Waals surface area (Å²) in [4.78, 5) is 47.0. The van der Waals surface area contributed by atoms with Crippen LogP contribution in [0, 0.1) is 26.0 Å². The highest BCUT2D eigenvalue weighted by atomic mass is 19.1. The molecule has 2 heterocycles. The van der Waals surface area contributed by atoms with E-state index in [0.717, 1.165) is 55.6 Å². The molecular formula is C34H51FN6O8. The Labute approximate surface area is 287 Å². The van der Waals surface area contributed by atoms with Gasteiger partial charge in [-0.15, -0.1) is 0 Å². The van der Waals surface area contributed by atoms with Crippen LogP contribution in [0.25, 0.3) is 0 Å². The monoisotopic (exact) mass is 690 g/mol. The van der Waals surface area contributed by atoms with Crippen LogP contribution in [0.5, 0.6) is 0 Å². The van der Waals surface area contributed by atoms with Crippen LogP contribution in [0.4, 0.5) is 31.0 Å². The summed E-state index contributed by atoms with van der Waals surface area (Å²) >= 11 is 0. The summed E-state index contributed by atoms with van der Waals surface area (Å²) < 4.78 is 22.8. The first kappa shape index (κ1) is 40.6. The molecule has 0 aromatic heterocycles. The van der Waals surface area contributed by atoms with E-state index in [1.807, 2.05) is 48.5 Å². The van der Waals surface area contributed by atoms with Crippen molar-refractivity contribution in [3.05, 3.63) is 74.6 Å². The molecule has 4 rings (SSSR count). The van der Waals surface area contributed by atoms with Crippen LogP contribution >= 0.6 is 0 Å². The minimum atomic E-state index is -0.570. The van der Waals surface area contributed by atoms with Crippen LogP contribution in [0.1, 0.15) is 81.1 Å². The number of piperidine rings is 2. The van der Waals surface area contributed by atoms with Crippen molar-refractivity contribution in [2.24, 2.45) is 5.73 Å². The van der Waals surface area contributed by atoms with Gasteiger partial charge in [0.15, 0.2) is 0 Å². The quantitative estimate of drug-likeness (QED) is 0.244. The molecule has 272 valence electrons. The zero-order valence-corrected chi connectivity index (χ0v) is 29.8. The lowest BCUT2D eigenvalue weighted by Crippen LogP contribution is -2.50. The maximum absolute atomic E-state index is 12.1. The number of nitrogens with two attached hydrogens (primary N) is 1. The van der Waals surface area contributed by atoms with Crippen molar-refractivity contribution in [3.8, 4) is 0 Å². The number of halogens is 1. The van der Waals surface area contributed by atoms with Gasteiger partial charge in [0.2, 0.25) is 0 Å². The normalized spacial score (nSPS) is 16.9. The SMILES string of the molecule is CC1(N)CCN(C(=O)OC(C)(C)C)CC1.CC1(Nc2ccc([N+](=O)[O-])cc2)CCN(C(=O)OC(C)(C)C)CC1.O=[N+]([O-])c1ccc(F)cc1. The smallest absolute Gasteiger partial charge is 0.410 e. The molecule has 0 radical (unpaired) electrons. The van der Waals surface area contributed by atoms with E-state index in [1.165, 1.54) is 12.1 Å². The minimum Gasteiger partial charge on any atom is -0.444 e. The van der Waals surface area contributed by atoms with Crippen molar-refractivity contribution in [3.63, 3.8) is 0 Å². The fourth-order valence-electron chi connectivity index (χ4n) is 4.74. The number of nitrogens with one attached hydrogen (secondary N) is 1. The van der Waals surface area contributed by atoms with Crippen molar-refractivity contribution in [1.29, 1.82) is 0 Å². The van der Waals surface area contributed by atoms with Gasteiger partial charge in [-0.3, -0.25) is 20.2 Å². The number of hydrogen-bond acceptors (Lipinski definition) is 10. The molecule has 15 heteroatoms. The average molecular weight is 691 g/mol. The number of carbonyl (C=O) groups excluding carboxylic acids is 2. The van der Waals surface area contributed by atoms with Crippen molar-refractivity contribution >= 4 is 29.2 Å². The fourth-order valence-corrected chi connectivity index (χ4v) is 4.74. The Morgan fingerprint density at radius 2 is 1.08 bits per heavy atom. The highest BCUT2D eigenvalue weighted by Crippen LogP contribution is 2.28. The summed E-state index contributed by atoms with van der Waals surface area (Å²) in [6, 6.07) is 10.7. The van der Waals surface area contributed by atoms with E-state index in [-0.39, 0.29) is 34.6 Å². The second-order valence-electron chi connectivity index (χ2n) is 14.8. The van der Waals surface area contributed by atoms with Gasteiger partial charge in [0, 0.05) is 67.2 Å². The zero-order chi connectivity index (χ0) is 37.2. The molecule has 2 amide bonds. The number of ether oxygens (including phenoxy) is 2. The lowest BCUT2D eigenvalue weighted by Gasteiger charge is -2.40. The van der Waals surface area contributed by atoms with Gasteiger partial charge in [-0.2, -0.15) is 0 Å². The van der Waals surface area contributed by atoms with Gasteiger partial charge in [0.05, 0.1) is 9.85 Å². The number of amides is 2. The molecule has 2 fully saturated rings. The summed E-state index contributed by atoms with van der Waals surface area (Å²) in [6.07, 6.45) is 2.74. The molecule has 0 saturated carbocycles. The molecule has 2 aliphatic rings. The summed E-state index contributed by atoms with van der Waals surface area (Å²) in [5, 5.41) is 24.1. The Hall–Kier alpha value is -4.53. The van der Waals surface area contributed by atoms with Gasteiger partial charge >= 0.3 is 12.2 Å². The van der Waals surface area contributed by atoms with E-state index in [4.69, 9.17) is 15.2 Å². The second kappa shape index (κ2) is 16.7. The van der Waals surface area contributed by atoms with Crippen LogP contribution in [-0.2, 0) is 9.47 Å². The van der Waals surface area contributed by atoms with Gasteiger partial charge in [-0.1, -0.05) is 0 Å². The maximum atomic E-state index is 12.1. The Balaban J connectivity index is 0.000000283. The van der Waals surface area contributed by atoms with Gasteiger partial charge in [0.1, 0.15) is 17.0 Å². The van der Waals surface area contributed by atoms with Crippen molar-refractivity contribution in [2.75, 3.05) is 31.5 Å². The van der Waals surface area contributed by atoms with Crippen LogP contribution in [0.2, 0.25) is 0 Å². The molecule has 14 nitrogen and oxygen atoms in total. The number of anilines is 1. The average Bonchev–Trinajstić information content (AvgIpc) is 2.97. The molecule has 2 aromatic rings. The molecule has 2 saturated heterocycles. The fraction of sp³-hybridized carbons (Fsp3) is 0.588. The maximum Gasteiger partial charge on any atom is 0.410 e. The zero-order valence-electron chi connectivity index (χ0n) is 29.8. The summed E-state index contributed by atoms with van der Waals surface area (Å²) in [6.45, 7) is 18.0. The number of hydrogen-bond donors (Lipinski definition) is 2. The summed E-state index contributed by atoms with van der Waals surface area (Å²) in [7, 11) is 0. The van der Waals surface area contributed by atoms with Crippen LogP contribution in [0.15, 0.2) is 48.5 Å². The molecular weight excluding hydrogens is 639 g/mol. The first-order chi connectivity index (χ1) is 22.5. The third-order valence-electron chi connectivity index (χ3n) is 7.64. The highest BCUT2D eigenvalue weighted by Gasteiger charge is 2.34. The molecule has 3 N–H and O–H groups in total. The van der Waals surface area contributed by atoms with Crippen LogP contribution in [-0.4, -0.2) is 80.3 Å². The van der Waals surface area contributed by atoms with E-state index in [0.29, 0.717) is 26.2 Å².